The summed E-state index contributed by atoms with van der Waals surface area (Å²) in [4.78, 5) is 13.9. The van der Waals surface area contributed by atoms with Crippen LogP contribution < -0.4 is 10.1 Å². The summed E-state index contributed by atoms with van der Waals surface area (Å²) < 4.78 is 13.9. The van der Waals surface area contributed by atoms with E-state index >= 15 is 0 Å². The normalized spacial score (nSPS) is 24.4. The van der Waals surface area contributed by atoms with E-state index < -0.39 is 0 Å². The van der Waals surface area contributed by atoms with Crippen LogP contribution in [-0.4, -0.2) is 30.2 Å². The second kappa shape index (κ2) is 9.59. The minimum absolute atomic E-state index is 0.0386. The van der Waals surface area contributed by atoms with Gasteiger partial charge in [0.2, 0.25) is 0 Å². The van der Waals surface area contributed by atoms with Crippen LogP contribution in [0.5, 0.6) is 5.75 Å². The summed E-state index contributed by atoms with van der Waals surface area (Å²) in [5.74, 6) is 1.52. The van der Waals surface area contributed by atoms with Crippen LogP contribution in [0.25, 0.3) is 10.9 Å². The van der Waals surface area contributed by atoms with Crippen molar-refractivity contribution in [1.29, 1.82) is 0 Å². The minimum Gasteiger partial charge on any atom is -0.495 e. The quantitative estimate of drug-likeness (QED) is 0.349. The minimum atomic E-state index is 0.0386. The standard InChI is InChI=1S/C31H40N2O3/c1-21-26(28(34)32-29-30(2,3)23-15-16-31(29,4)19-23)24-13-9-14-25(35-5)27(24)33(21)17-10-18-36-20-22-11-7-6-8-12-22/h6-9,11-14,23,29H,10,15-20H2,1-5H3,(H,32,34)/t23?,29-,31+/m1/s1. The van der Waals surface area contributed by atoms with Crippen molar-refractivity contribution >= 4 is 16.8 Å². The number of para-hydroxylation sites is 1. The highest BCUT2D eigenvalue weighted by Crippen LogP contribution is 2.62. The molecule has 1 heterocycles. The van der Waals surface area contributed by atoms with Gasteiger partial charge in [0.15, 0.2) is 0 Å². The third-order valence-corrected chi connectivity index (χ3v) is 9.08. The molecule has 2 aliphatic rings. The highest BCUT2D eigenvalue weighted by molar-refractivity contribution is 6.09. The lowest BCUT2D eigenvalue weighted by Gasteiger charge is -2.43. The Balaban J connectivity index is 1.37. The van der Waals surface area contributed by atoms with Gasteiger partial charge in [-0.25, -0.2) is 0 Å². The molecule has 1 unspecified atom stereocenters. The molecule has 0 radical (unpaired) electrons. The first-order valence-corrected chi connectivity index (χ1v) is 13.3. The molecule has 2 aromatic carbocycles. The molecule has 1 amide bonds. The van der Waals surface area contributed by atoms with Crippen molar-refractivity contribution in [3.05, 3.63) is 65.4 Å². The van der Waals surface area contributed by atoms with Gasteiger partial charge < -0.3 is 19.4 Å². The van der Waals surface area contributed by atoms with Gasteiger partial charge in [0.1, 0.15) is 5.75 Å². The number of carbonyl (C=O) groups is 1. The average molecular weight is 489 g/mol. The predicted octanol–water partition coefficient (Wildman–Crippen LogP) is 6.51. The first-order chi connectivity index (χ1) is 17.3. The monoisotopic (exact) mass is 488 g/mol. The smallest absolute Gasteiger partial charge is 0.253 e. The fourth-order valence-corrected chi connectivity index (χ4v) is 7.19. The number of rotatable bonds is 9. The summed E-state index contributed by atoms with van der Waals surface area (Å²) in [6.07, 6.45) is 4.54. The molecule has 5 nitrogen and oxygen atoms in total. The van der Waals surface area contributed by atoms with Crippen molar-refractivity contribution in [2.24, 2.45) is 16.7 Å². The number of benzene rings is 2. The molecule has 2 bridgehead atoms. The van der Waals surface area contributed by atoms with Crippen molar-refractivity contribution in [1.82, 2.24) is 9.88 Å². The van der Waals surface area contributed by atoms with Crippen LogP contribution in [0.15, 0.2) is 48.5 Å². The number of nitrogens with one attached hydrogen (secondary N) is 1. The fraction of sp³-hybridized carbons (Fsp3) is 0.516. The zero-order valence-electron chi connectivity index (χ0n) is 22.4. The molecule has 1 aromatic heterocycles. The zero-order valence-corrected chi connectivity index (χ0v) is 22.4. The summed E-state index contributed by atoms with van der Waals surface area (Å²) in [6, 6.07) is 16.4. The number of hydrogen-bond acceptors (Lipinski definition) is 3. The number of methoxy groups -OCH3 is 1. The lowest BCUT2D eigenvalue weighted by molar-refractivity contribution is 0.0738. The fourth-order valence-electron chi connectivity index (χ4n) is 7.19. The number of aromatic nitrogens is 1. The zero-order chi connectivity index (χ0) is 25.5. The second-order valence-electron chi connectivity index (χ2n) is 11.7. The molecule has 2 aliphatic carbocycles. The van der Waals surface area contributed by atoms with Crippen molar-refractivity contribution in [2.45, 2.75) is 72.6 Å². The van der Waals surface area contributed by atoms with Crippen LogP contribution in [0.4, 0.5) is 0 Å². The maximum atomic E-state index is 13.9. The van der Waals surface area contributed by atoms with E-state index in [-0.39, 0.29) is 22.8 Å². The number of hydrogen-bond donors (Lipinski definition) is 1. The summed E-state index contributed by atoms with van der Waals surface area (Å²) in [7, 11) is 1.70. The molecule has 5 heteroatoms. The maximum Gasteiger partial charge on any atom is 0.253 e. The molecule has 1 N–H and O–H groups in total. The molecular formula is C31H40N2O3. The van der Waals surface area contributed by atoms with Crippen molar-refractivity contribution in [3.8, 4) is 5.75 Å². The summed E-state index contributed by atoms with van der Waals surface area (Å²) >= 11 is 0. The Morgan fingerprint density at radius 2 is 1.89 bits per heavy atom. The van der Waals surface area contributed by atoms with Gasteiger partial charge >= 0.3 is 0 Å². The third-order valence-electron chi connectivity index (χ3n) is 9.08. The van der Waals surface area contributed by atoms with E-state index in [9.17, 15) is 4.79 Å². The number of fused-ring (bicyclic) bond motifs is 3. The number of amides is 1. The Hall–Kier alpha value is -2.79. The summed E-state index contributed by atoms with van der Waals surface area (Å²) in [5.41, 5.74) is 4.23. The Morgan fingerprint density at radius 1 is 1.11 bits per heavy atom. The van der Waals surface area contributed by atoms with Gasteiger partial charge in [-0.1, -0.05) is 63.2 Å². The molecule has 192 valence electrons. The lowest BCUT2D eigenvalue weighted by Crippen LogP contribution is -2.52. The number of aryl methyl sites for hydroxylation is 1. The average Bonchev–Trinajstić information content (AvgIpc) is 3.46. The van der Waals surface area contributed by atoms with Crippen LogP contribution in [0.3, 0.4) is 0 Å². The van der Waals surface area contributed by atoms with Crippen molar-refractivity contribution < 1.29 is 14.3 Å². The molecule has 0 saturated heterocycles. The number of carbonyl (C=O) groups excluding carboxylic acids is 1. The van der Waals surface area contributed by atoms with Gasteiger partial charge in [0, 0.05) is 30.3 Å². The van der Waals surface area contributed by atoms with Gasteiger partial charge in [-0.15, -0.1) is 0 Å². The van der Waals surface area contributed by atoms with Crippen LogP contribution in [0, 0.1) is 23.7 Å². The Morgan fingerprint density at radius 3 is 2.58 bits per heavy atom. The molecule has 3 atom stereocenters. The van der Waals surface area contributed by atoms with E-state index in [2.05, 4.69) is 55.8 Å². The van der Waals surface area contributed by atoms with Gasteiger partial charge in [0.25, 0.3) is 5.91 Å². The lowest BCUT2D eigenvalue weighted by atomic mass is 9.68. The van der Waals surface area contributed by atoms with Gasteiger partial charge in [-0.3, -0.25) is 4.79 Å². The number of ether oxygens (including phenoxy) is 2. The topological polar surface area (TPSA) is 52.5 Å². The molecule has 2 saturated carbocycles. The van der Waals surface area contributed by atoms with Gasteiger partial charge in [0.05, 0.1) is 24.8 Å². The first-order valence-electron chi connectivity index (χ1n) is 13.3. The summed E-state index contributed by atoms with van der Waals surface area (Å²) in [5, 5.41) is 4.48. The van der Waals surface area contributed by atoms with Gasteiger partial charge in [-0.2, -0.15) is 0 Å². The maximum absolute atomic E-state index is 13.9. The summed E-state index contributed by atoms with van der Waals surface area (Å²) in [6.45, 7) is 11.1. The Bertz CT molecular complexity index is 1240. The molecule has 0 aliphatic heterocycles. The molecule has 5 rings (SSSR count). The molecular weight excluding hydrogens is 448 g/mol. The van der Waals surface area contributed by atoms with E-state index in [4.69, 9.17) is 9.47 Å². The van der Waals surface area contributed by atoms with Crippen LogP contribution in [-0.2, 0) is 17.9 Å². The van der Waals surface area contributed by atoms with E-state index in [1.807, 2.05) is 30.3 Å². The Kier molecular flexibility index (Phi) is 6.63. The largest absolute Gasteiger partial charge is 0.495 e. The second-order valence-corrected chi connectivity index (χ2v) is 11.7. The highest BCUT2D eigenvalue weighted by atomic mass is 16.5. The van der Waals surface area contributed by atoms with Crippen LogP contribution >= 0.6 is 0 Å². The first kappa shape index (κ1) is 24.9. The van der Waals surface area contributed by atoms with E-state index in [1.54, 1.807) is 7.11 Å². The van der Waals surface area contributed by atoms with Gasteiger partial charge in [-0.05, 0) is 61.0 Å². The predicted molar refractivity (Wildman–Crippen MR) is 144 cm³/mol. The van der Waals surface area contributed by atoms with E-state index in [0.29, 0.717) is 19.1 Å². The van der Waals surface area contributed by atoms with E-state index in [0.717, 1.165) is 40.9 Å². The molecule has 0 spiro atoms. The van der Waals surface area contributed by atoms with Crippen molar-refractivity contribution in [2.75, 3.05) is 13.7 Å². The highest BCUT2D eigenvalue weighted by Gasteiger charge is 2.59. The third kappa shape index (κ3) is 4.21. The molecule has 2 fully saturated rings. The van der Waals surface area contributed by atoms with Crippen molar-refractivity contribution in [3.63, 3.8) is 0 Å². The van der Waals surface area contributed by atoms with E-state index in [1.165, 1.54) is 24.8 Å². The van der Waals surface area contributed by atoms with Crippen LogP contribution in [0.2, 0.25) is 0 Å². The molecule has 36 heavy (non-hydrogen) atoms. The van der Waals surface area contributed by atoms with Crippen LogP contribution in [0.1, 0.15) is 68.1 Å². The number of nitrogens with zero attached hydrogens (tertiary/aromatic N) is 1. The SMILES string of the molecule is COc1cccc2c(C(=O)N[C@@H]3C(C)(C)C4CC[C@@]3(C)C4)c(C)n(CCCOCc3ccccc3)c12. The Labute approximate surface area is 215 Å². The molecule has 3 aromatic rings.